The molecule has 3 aromatic carbocycles. The molecule has 0 saturated heterocycles. The quantitative estimate of drug-likeness (QED) is 0.227. The van der Waals surface area contributed by atoms with Gasteiger partial charge < -0.3 is 25.4 Å². The first kappa shape index (κ1) is 34.1. The number of ether oxygens (including phenoxy) is 1. The Hall–Kier alpha value is -2.78. The van der Waals surface area contributed by atoms with Gasteiger partial charge in [-0.15, -0.1) is 12.4 Å². The molecule has 240 valence electrons. The van der Waals surface area contributed by atoms with E-state index in [0.29, 0.717) is 29.3 Å². The minimum atomic E-state index is -4.33. The zero-order valence-electron chi connectivity index (χ0n) is 25.1. The summed E-state index contributed by atoms with van der Waals surface area (Å²) in [5.41, 5.74) is 2.89. The highest BCUT2D eigenvalue weighted by atomic mass is 35.5. The minimum Gasteiger partial charge on any atom is -0.508 e. The number of aliphatic hydroxyl groups is 2. The van der Waals surface area contributed by atoms with E-state index in [0.717, 1.165) is 62.8 Å². The van der Waals surface area contributed by atoms with Crippen LogP contribution in [0.1, 0.15) is 73.3 Å². The van der Waals surface area contributed by atoms with Crippen LogP contribution in [0.5, 0.6) is 11.5 Å². The highest BCUT2D eigenvalue weighted by molar-refractivity contribution is 5.85. The molecule has 0 bridgehead atoms. The van der Waals surface area contributed by atoms with Crippen LogP contribution in [-0.2, 0) is 12.6 Å². The fourth-order valence-electron chi connectivity index (χ4n) is 7.68. The lowest BCUT2D eigenvalue weighted by molar-refractivity contribution is -0.137. The molecule has 0 aliphatic heterocycles. The Balaban J connectivity index is 0.000000196. The molecule has 0 amide bonds. The number of hydrogen-bond donors (Lipinski definition) is 4. The molecule has 0 spiro atoms. The van der Waals surface area contributed by atoms with Crippen molar-refractivity contribution >= 4 is 12.4 Å². The van der Waals surface area contributed by atoms with Gasteiger partial charge in [-0.1, -0.05) is 43.3 Å². The van der Waals surface area contributed by atoms with Gasteiger partial charge in [0.15, 0.2) is 0 Å². The van der Waals surface area contributed by atoms with Crippen molar-refractivity contribution in [3.05, 3.63) is 95.1 Å². The Labute approximate surface area is 263 Å². The fraction of sp³-hybridized carbons (Fsp3) is 0.486. The number of aryl methyl sites for hydroxylation is 1. The maximum Gasteiger partial charge on any atom is 0.416 e. The van der Waals surface area contributed by atoms with Gasteiger partial charge in [-0.25, -0.2) is 0 Å². The first-order valence-corrected chi connectivity index (χ1v) is 15.2. The van der Waals surface area contributed by atoms with Crippen LogP contribution in [0.2, 0.25) is 0 Å². The summed E-state index contributed by atoms with van der Waals surface area (Å²) < 4.78 is 43.6. The molecule has 3 aliphatic carbocycles. The molecular weight excluding hydrogens is 591 g/mol. The molecule has 9 heteroatoms. The number of phenolic OH excluding ortho intramolecular Hbond substituents is 1. The van der Waals surface area contributed by atoms with Crippen molar-refractivity contribution in [2.75, 3.05) is 13.6 Å². The van der Waals surface area contributed by atoms with E-state index in [9.17, 15) is 28.5 Å². The number of hydrogen-bond acceptors (Lipinski definition) is 5. The van der Waals surface area contributed by atoms with E-state index in [1.54, 1.807) is 6.07 Å². The van der Waals surface area contributed by atoms with Gasteiger partial charge in [0, 0.05) is 6.42 Å². The van der Waals surface area contributed by atoms with Crippen LogP contribution in [0.25, 0.3) is 0 Å². The van der Waals surface area contributed by atoms with Crippen LogP contribution in [0.3, 0.4) is 0 Å². The van der Waals surface area contributed by atoms with Crippen molar-refractivity contribution in [1.82, 2.24) is 5.32 Å². The van der Waals surface area contributed by atoms with Crippen molar-refractivity contribution in [2.24, 2.45) is 17.3 Å². The molecule has 3 aromatic rings. The van der Waals surface area contributed by atoms with E-state index >= 15 is 0 Å². The molecular formula is C35H43ClF3NO4. The molecule has 5 nitrogen and oxygen atoms in total. The van der Waals surface area contributed by atoms with E-state index in [-0.39, 0.29) is 23.9 Å². The molecule has 6 rings (SSSR count). The summed E-state index contributed by atoms with van der Waals surface area (Å²) >= 11 is 0. The summed E-state index contributed by atoms with van der Waals surface area (Å²) in [6.07, 6.45) is -0.00624. The van der Waals surface area contributed by atoms with Gasteiger partial charge in [0.05, 0.1) is 17.8 Å². The molecule has 2 fully saturated rings. The lowest BCUT2D eigenvalue weighted by Gasteiger charge is -2.49. The summed E-state index contributed by atoms with van der Waals surface area (Å²) in [5, 5.41) is 33.3. The number of benzene rings is 3. The Morgan fingerprint density at radius 3 is 2.36 bits per heavy atom. The van der Waals surface area contributed by atoms with Gasteiger partial charge >= 0.3 is 6.18 Å². The van der Waals surface area contributed by atoms with E-state index < -0.39 is 23.9 Å². The second-order valence-corrected chi connectivity index (χ2v) is 12.5. The number of phenols is 1. The lowest BCUT2D eigenvalue weighted by atomic mass is 9.55. The number of nitrogens with one attached hydrogen (secondary N) is 1. The molecule has 0 radical (unpaired) electrons. The number of halogens is 4. The van der Waals surface area contributed by atoms with Crippen LogP contribution < -0.4 is 10.1 Å². The van der Waals surface area contributed by atoms with Crippen molar-refractivity contribution < 1.29 is 33.2 Å². The van der Waals surface area contributed by atoms with Gasteiger partial charge in [0.1, 0.15) is 17.6 Å². The predicted molar refractivity (Wildman–Crippen MR) is 167 cm³/mol. The van der Waals surface area contributed by atoms with Crippen LogP contribution in [0.15, 0.2) is 72.8 Å². The van der Waals surface area contributed by atoms with Gasteiger partial charge in [0.2, 0.25) is 0 Å². The normalized spacial score (nSPS) is 27.8. The smallest absolute Gasteiger partial charge is 0.416 e. The highest BCUT2D eigenvalue weighted by Crippen LogP contribution is 2.61. The monoisotopic (exact) mass is 633 g/mol. The molecule has 44 heavy (non-hydrogen) atoms. The maximum atomic E-state index is 12.6. The summed E-state index contributed by atoms with van der Waals surface area (Å²) in [5.74, 6) is 2.30. The van der Waals surface area contributed by atoms with Gasteiger partial charge in [-0.3, -0.25) is 0 Å². The van der Waals surface area contributed by atoms with Gasteiger partial charge in [0.25, 0.3) is 0 Å². The molecule has 0 aromatic heterocycles. The lowest BCUT2D eigenvalue weighted by Crippen LogP contribution is -2.44. The average Bonchev–Trinajstić information content (AvgIpc) is 3.23. The first-order valence-electron chi connectivity index (χ1n) is 15.2. The van der Waals surface area contributed by atoms with E-state index in [1.807, 2.05) is 43.4 Å². The van der Waals surface area contributed by atoms with Crippen LogP contribution >= 0.6 is 12.4 Å². The molecule has 1 unspecified atom stereocenters. The summed E-state index contributed by atoms with van der Waals surface area (Å²) in [6.45, 7) is 2.92. The van der Waals surface area contributed by atoms with Crippen LogP contribution in [0.4, 0.5) is 13.2 Å². The van der Waals surface area contributed by atoms with E-state index in [1.165, 1.54) is 23.3 Å². The third-order valence-electron chi connectivity index (χ3n) is 9.97. The molecule has 0 heterocycles. The highest BCUT2D eigenvalue weighted by Gasteiger charge is 2.57. The molecule has 3 aliphatic rings. The Morgan fingerprint density at radius 1 is 1.00 bits per heavy atom. The number of alkyl halides is 3. The SMILES string of the molecule is CNCCC(Oc1ccc(C(F)(F)F)cc1)c1ccccc1.C[C@]12CC[C@@H]3c4ccc(O)cc4CC[C@H]3[C@@H]1C[C@@H](O)[C@@H]2O.Cl. The van der Waals surface area contributed by atoms with Gasteiger partial charge in [-0.05, 0) is 122 Å². The minimum absolute atomic E-state index is 0. The van der Waals surface area contributed by atoms with Crippen LogP contribution in [-0.4, -0.2) is 41.1 Å². The Bertz CT molecular complexity index is 1360. The summed E-state index contributed by atoms with van der Waals surface area (Å²) in [6, 6.07) is 20.2. The first-order chi connectivity index (χ1) is 20.5. The number of fused-ring (bicyclic) bond motifs is 5. The third-order valence-corrected chi connectivity index (χ3v) is 9.97. The average molecular weight is 634 g/mol. The van der Waals surface area contributed by atoms with Crippen molar-refractivity contribution in [2.45, 2.75) is 75.9 Å². The molecule has 2 saturated carbocycles. The van der Waals surface area contributed by atoms with E-state index in [4.69, 9.17) is 4.74 Å². The topological polar surface area (TPSA) is 82.0 Å². The summed E-state index contributed by atoms with van der Waals surface area (Å²) in [4.78, 5) is 0. The fourth-order valence-corrected chi connectivity index (χ4v) is 7.68. The Morgan fingerprint density at radius 2 is 1.70 bits per heavy atom. The molecule has 7 atom stereocenters. The largest absolute Gasteiger partial charge is 0.508 e. The van der Waals surface area contributed by atoms with Gasteiger partial charge in [-0.2, -0.15) is 13.2 Å². The zero-order valence-corrected chi connectivity index (χ0v) is 26.0. The Kier molecular flexibility index (Phi) is 10.9. The third kappa shape index (κ3) is 7.20. The zero-order chi connectivity index (χ0) is 30.8. The van der Waals surface area contributed by atoms with E-state index in [2.05, 4.69) is 18.3 Å². The number of aliphatic hydroxyl groups excluding tert-OH is 2. The maximum absolute atomic E-state index is 12.6. The van der Waals surface area contributed by atoms with Crippen molar-refractivity contribution in [3.8, 4) is 11.5 Å². The molecule has 4 N–H and O–H groups in total. The second kappa shape index (κ2) is 14.1. The standard InChI is InChI=1S/C18H24O3.C17H18F3NO.ClH/c1-18-7-6-13-12-5-3-11(19)8-10(12)2-4-14(13)15(18)9-16(20)17(18)21;1-21-12-11-16(13-5-3-2-4-6-13)22-15-9-7-14(8-10-15)17(18,19)20;/h3,5,8,13-17,19-21H,2,4,6-7,9H2,1H3;2-10,16,21H,11-12H2,1H3;1H/t13-,14-,15+,16-,17+,18+;;/m1../s1. The second-order valence-electron chi connectivity index (χ2n) is 12.5. The van der Waals surface area contributed by atoms with Crippen molar-refractivity contribution in [3.63, 3.8) is 0 Å². The van der Waals surface area contributed by atoms with Crippen LogP contribution in [0, 0.1) is 17.3 Å². The predicted octanol–water partition coefficient (Wildman–Crippen LogP) is 7.44. The van der Waals surface area contributed by atoms with Crippen molar-refractivity contribution in [1.29, 1.82) is 0 Å². The number of aromatic hydroxyl groups is 1. The number of rotatable bonds is 6. The summed E-state index contributed by atoms with van der Waals surface area (Å²) in [7, 11) is 1.85.